The zero-order chi connectivity index (χ0) is 12.3. The molecule has 0 aliphatic heterocycles. The minimum atomic E-state index is 0.781. The van der Waals surface area contributed by atoms with Crippen LogP contribution in [0.3, 0.4) is 0 Å². The number of aromatic nitrogens is 1. The molecule has 2 rings (SSSR count). The summed E-state index contributed by atoms with van der Waals surface area (Å²) in [4.78, 5) is 4.53. The number of halogens is 2. The molecule has 0 saturated carbocycles. The van der Waals surface area contributed by atoms with Crippen LogP contribution in [0.4, 0.5) is 5.69 Å². The third kappa shape index (κ3) is 3.66. The van der Waals surface area contributed by atoms with Gasteiger partial charge in [-0.3, -0.25) is 0 Å². The van der Waals surface area contributed by atoms with Crippen LogP contribution >= 0.6 is 49.9 Å². The predicted molar refractivity (Wildman–Crippen MR) is 85.7 cm³/mol. The lowest BCUT2D eigenvalue weighted by Crippen LogP contribution is -2.00. The van der Waals surface area contributed by atoms with Gasteiger partial charge in [-0.2, -0.15) is 0 Å². The van der Waals surface area contributed by atoms with Crippen LogP contribution in [0.25, 0.3) is 0 Å². The van der Waals surface area contributed by atoms with Crippen LogP contribution in [-0.4, -0.2) is 4.98 Å². The molecule has 1 aromatic heterocycles. The Morgan fingerprint density at radius 1 is 1.47 bits per heavy atom. The van der Waals surface area contributed by atoms with Crippen molar-refractivity contribution in [3.63, 3.8) is 0 Å². The number of thiazole rings is 1. The summed E-state index contributed by atoms with van der Waals surface area (Å²) in [5.41, 5.74) is 2.23. The van der Waals surface area contributed by atoms with E-state index in [2.05, 4.69) is 79.3 Å². The molecular formula is C12H12BrIN2S. The number of anilines is 1. The summed E-state index contributed by atoms with van der Waals surface area (Å²) in [5, 5.41) is 6.70. The smallest absolute Gasteiger partial charge is 0.0926 e. The Hall–Kier alpha value is -0.140. The third-order valence-electron chi connectivity index (χ3n) is 2.29. The molecule has 17 heavy (non-hydrogen) atoms. The minimum Gasteiger partial charge on any atom is -0.379 e. The van der Waals surface area contributed by atoms with Crippen molar-refractivity contribution < 1.29 is 0 Å². The average Bonchev–Trinajstić information content (AvgIpc) is 2.79. The maximum Gasteiger partial charge on any atom is 0.0926 e. The molecule has 1 aromatic carbocycles. The van der Waals surface area contributed by atoms with Gasteiger partial charge in [0.15, 0.2) is 0 Å². The first kappa shape index (κ1) is 13.3. The topological polar surface area (TPSA) is 24.9 Å². The van der Waals surface area contributed by atoms with Crippen LogP contribution in [0.15, 0.2) is 28.1 Å². The van der Waals surface area contributed by atoms with E-state index in [1.54, 1.807) is 11.3 Å². The van der Waals surface area contributed by atoms with Crippen LogP contribution in [0.1, 0.15) is 17.6 Å². The predicted octanol–water partition coefficient (Wildman–Crippen LogP) is 4.68. The van der Waals surface area contributed by atoms with Gasteiger partial charge in [-0.25, -0.2) is 4.98 Å². The van der Waals surface area contributed by atoms with Crippen molar-refractivity contribution in [1.29, 1.82) is 0 Å². The van der Waals surface area contributed by atoms with Crippen LogP contribution in [0.5, 0.6) is 0 Å². The van der Waals surface area contributed by atoms with Crippen LogP contribution in [0, 0.1) is 3.57 Å². The SMILES string of the molecule is CCc1nc(CNc2ccc(I)c(Br)c2)cs1. The standard InChI is InChI=1S/C12H12BrIN2S/c1-2-12-16-9(7-17-12)6-15-8-3-4-11(14)10(13)5-8/h3-5,7,15H,2,6H2,1H3. The normalized spacial score (nSPS) is 10.5. The lowest BCUT2D eigenvalue weighted by molar-refractivity contribution is 1.01. The van der Waals surface area contributed by atoms with Gasteiger partial charge in [-0.05, 0) is 63.1 Å². The fraction of sp³-hybridized carbons (Fsp3) is 0.250. The Balaban J connectivity index is 1.99. The molecule has 90 valence electrons. The quantitative estimate of drug-likeness (QED) is 0.723. The Bertz CT molecular complexity index is 513. The minimum absolute atomic E-state index is 0.781. The maximum absolute atomic E-state index is 4.53. The van der Waals surface area contributed by atoms with E-state index < -0.39 is 0 Å². The summed E-state index contributed by atoms with van der Waals surface area (Å²) in [5.74, 6) is 0. The van der Waals surface area contributed by atoms with E-state index in [1.807, 2.05) is 0 Å². The molecule has 0 atom stereocenters. The summed E-state index contributed by atoms with van der Waals surface area (Å²) in [6.07, 6.45) is 1.01. The van der Waals surface area contributed by atoms with Gasteiger partial charge >= 0.3 is 0 Å². The largest absolute Gasteiger partial charge is 0.379 e. The van der Waals surface area contributed by atoms with Crippen molar-refractivity contribution in [2.24, 2.45) is 0 Å². The highest BCUT2D eigenvalue weighted by Gasteiger charge is 2.01. The number of benzene rings is 1. The number of rotatable bonds is 4. The molecule has 1 N–H and O–H groups in total. The summed E-state index contributed by atoms with van der Waals surface area (Å²) >= 11 is 7.56. The number of nitrogens with zero attached hydrogens (tertiary/aromatic N) is 1. The number of aryl methyl sites for hydroxylation is 1. The van der Waals surface area contributed by atoms with E-state index in [0.717, 1.165) is 28.8 Å². The van der Waals surface area contributed by atoms with Crippen molar-refractivity contribution in [3.05, 3.63) is 42.3 Å². The molecular weight excluding hydrogens is 411 g/mol. The average molecular weight is 423 g/mol. The molecule has 0 amide bonds. The van der Waals surface area contributed by atoms with Crippen LogP contribution < -0.4 is 5.32 Å². The van der Waals surface area contributed by atoms with Gasteiger partial charge in [0.2, 0.25) is 0 Å². The van der Waals surface area contributed by atoms with Gasteiger partial charge in [-0.15, -0.1) is 11.3 Å². The Labute approximate surface area is 127 Å². The summed E-state index contributed by atoms with van der Waals surface area (Å²) in [6, 6.07) is 6.26. The van der Waals surface area contributed by atoms with Crippen molar-refractivity contribution in [3.8, 4) is 0 Å². The number of hydrogen-bond donors (Lipinski definition) is 1. The molecule has 2 nitrogen and oxygen atoms in total. The highest BCUT2D eigenvalue weighted by molar-refractivity contribution is 14.1. The van der Waals surface area contributed by atoms with E-state index in [0.29, 0.717) is 0 Å². The highest BCUT2D eigenvalue weighted by Crippen LogP contribution is 2.23. The first-order valence-corrected chi connectivity index (χ1v) is 8.06. The number of hydrogen-bond acceptors (Lipinski definition) is 3. The molecule has 0 radical (unpaired) electrons. The highest BCUT2D eigenvalue weighted by atomic mass is 127. The van der Waals surface area contributed by atoms with Gasteiger partial charge < -0.3 is 5.32 Å². The van der Waals surface area contributed by atoms with Gasteiger partial charge in [-0.1, -0.05) is 6.92 Å². The first-order valence-electron chi connectivity index (χ1n) is 5.31. The molecule has 0 unspecified atom stereocenters. The Morgan fingerprint density at radius 2 is 2.29 bits per heavy atom. The first-order chi connectivity index (χ1) is 8.19. The van der Waals surface area contributed by atoms with Gasteiger partial charge in [0, 0.05) is 19.1 Å². The van der Waals surface area contributed by atoms with Gasteiger partial charge in [0.05, 0.1) is 17.2 Å². The lowest BCUT2D eigenvalue weighted by atomic mass is 10.3. The summed E-state index contributed by atoms with van der Waals surface area (Å²) in [7, 11) is 0. The number of nitrogens with one attached hydrogen (secondary N) is 1. The second kappa shape index (κ2) is 6.15. The fourth-order valence-corrected chi connectivity index (χ4v) is 2.85. The summed E-state index contributed by atoms with van der Waals surface area (Å²) < 4.78 is 2.34. The molecule has 0 aliphatic rings. The van der Waals surface area contributed by atoms with Crippen molar-refractivity contribution in [2.75, 3.05) is 5.32 Å². The molecule has 0 bridgehead atoms. The zero-order valence-corrected chi connectivity index (χ0v) is 13.9. The van der Waals surface area contributed by atoms with Crippen molar-refractivity contribution >= 4 is 55.5 Å². The maximum atomic E-state index is 4.53. The third-order valence-corrected chi connectivity index (χ3v) is 5.67. The van der Waals surface area contributed by atoms with Crippen molar-refractivity contribution in [1.82, 2.24) is 4.98 Å². The van der Waals surface area contributed by atoms with E-state index >= 15 is 0 Å². The fourth-order valence-electron chi connectivity index (χ4n) is 1.39. The lowest BCUT2D eigenvalue weighted by Gasteiger charge is -2.05. The van der Waals surface area contributed by atoms with Gasteiger partial charge in [0.25, 0.3) is 0 Å². The zero-order valence-electron chi connectivity index (χ0n) is 9.34. The van der Waals surface area contributed by atoms with Crippen molar-refractivity contribution in [2.45, 2.75) is 19.9 Å². The Kier molecular flexibility index (Phi) is 4.81. The second-order valence-electron chi connectivity index (χ2n) is 3.57. The molecule has 0 fully saturated rings. The molecule has 0 aliphatic carbocycles. The molecule has 0 spiro atoms. The van der Waals surface area contributed by atoms with Gasteiger partial charge in [0.1, 0.15) is 0 Å². The molecule has 5 heteroatoms. The van der Waals surface area contributed by atoms with Crippen LogP contribution in [0.2, 0.25) is 0 Å². The van der Waals surface area contributed by atoms with E-state index in [1.165, 1.54) is 8.58 Å². The summed E-state index contributed by atoms with van der Waals surface area (Å²) in [6.45, 7) is 2.91. The monoisotopic (exact) mass is 422 g/mol. The molecule has 2 aromatic rings. The van der Waals surface area contributed by atoms with E-state index in [9.17, 15) is 0 Å². The Morgan fingerprint density at radius 3 is 2.94 bits per heavy atom. The van der Waals surface area contributed by atoms with E-state index in [-0.39, 0.29) is 0 Å². The second-order valence-corrected chi connectivity index (χ2v) is 6.53. The molecule has 0 saturated heterocycles. The van der Waals surface area contributed by atoms with E-state index in [4.69, 9.17) is 0 Å². The van der Waals surface area contributed by atoms with Crippen LogP contribution in [-0.2, 0) is 13.0 Å². The molecule has 1 heterocycles.